The Morgan fingerprint density at radius 1 is 0.946 bits per heavy atom. The molecule has 0 spiro atoms. The number of hydrogen-bond donors (Lipinski definition) is 2. The lowest BCUT2D eigenvalue weighted by atomic mass is 10.1. The van der Waals surface area contributed by atoms with Crippen LogP contribution in [0.5, 0.6) is 17.2 Å². The van der Waals surface area contributed by atoms with Gasteiger partial charge in [-0.2, -0.15) is 13.2 Å². The number of methoxy groups -OCH3 is 1. The van der Waals surface area contributed by atoms with Crippen LogP contribution in [0.25, 0.3) is 10.8 Å². The number of aliphatic imine (C=N–C) groups is 1. The quantitative estimate of drug-likeness (QED) is 0.353. The minimum Gasteiger partial charge on any atom is -0.497 e. The molecule has 5 rings (SSSR count). The molecule has 0 radical (unpaired) electrons. The van der Waals surface area contributed by atoms with Crippen molar-refractivity contribution in [2.75, 3.05) is 25.5 Å². The van der Waals surface area contributed by atoms with Crippen LogP contribution in [0.2, 0.25) is 0 Å². The minimum absolute atomic E-state index is 0.0134. The van der Waals surface area contributed by atoms with Crippen molar-refractivity contribution < 1.29 is 27.4 Å². The van der Waals surface area contributed by atoms with E-state index in [1.807, 2.05) is 12.1 Å². The molecule has 0 atom stereocenters. The molecule has 2 N–H and O–H groups in total. The van der Waals surface area contributed by atoms with Crippen molar-refractivity contribution in [3.63, 3.8) is 0 Å². The summed E-state index contributed by atoms with van der Waals surface area (Å²) in [5, 5.41) is 7.28. The molecule has 188 valence electrons. The van der Waals surface area contributed by atoms with Crippen LogP contribution in [0.3, 0.4) is 0 Å². The molecule has 1 amide bonds. The largest absolute Gasteiger partial charge is 0.497 e. The molecule has 7 nitrogen and oxygen atoms in total. The number of fused-ring (bicyclic) bond motifs is 1. The van der Waals surface area contributed by atoms with Gasteiger partial charge in [-0.3, -0.25) is 14.8 Å². The topological polar surface area (TPSA) is 84.8 Å². The summed E-state index contributed by atoms with van der Waals surface area (Å²) >= 11 is 0. The third kappa shape index (κ3) is 5.48. The number of amidine groups is 1. The lowest BCUT2D eigenvalue weighted by Gasteiger charge is -2.13. The van der Waals surface area contributed by atoms with Crippen molar-refractivity contribution in [2.24, 2.45) is 4.99 Å². The number of carbonyl (C=O) groups is 1. The molecule has 0 bridgehead atoms. The highest BCUT2D eigenvalue weighted by atomic mass is 19.4. The second kappa shape index (κ2) is 9.81. The van der Waals surface area contributed by atoms with Crippen LogP contribution in [-0.2, 0) is 6.18 Å². The van der Waals surface area contributed by atoms with Crippen LogP contribution in [0, 0.1) is 0 Å². The lowest BCUT2D eigenvalue weighted by molar-refractivity contribution is -0.137. The highest BCUT2D eigenvalue weighted by Gasteiger charge is 2.31. The van der Waals surface area contributed by atoms with Gasteiger partial charge in [0, 0.05) is 36.1 Å². The maximum absolute atomic E-state index is 13.2. The lowest BCUT2D eigenvalue weighted by Crippen LogP contribution is -2.20. The standard InChI is InChI=1S/C27H21F3N4O3/c1-36-23-13-19(27(28,29)30)12-20(14-23)34-26(35)17-3-2-16-4-5-21(11-18(16)10-17)37-22-6-7-31-24(15-22)25-32-8-9-33-25/h2-7,10-15H,8-9H2,1H3,(H,32,33)(H,34,35). The number of alkyl halides is 3. The van der Waals surface area contributed by atoms with Gasteiger partial charge in [0.05, 0.1) is 19.2 Å². The summed E-state index contributed by atoms with van der Waals surface area (Å²) in [4.78, 5) is 21.6. The molecular formula is C27H21F3N4O3. The van der Waals surface area contributed by atoms with E-state index in [0.29, 0.717) is 23.7 Å². The van der Waals surface area contributed by atoms with E-state index in [0.717, 1.165) is 35.3 Å². The summed E-state index contributed by atoms with van der Waals surface area (Å²) in [6.07, 6.45) is -2.94. The number of amides is 1. The summed E-state index contributed by atoms with van der Waals surface area (Å²) in [5.74, 6) is 1.27. The van der Waals surface area contributed by atoms with Gasteiger partial charge >= 0.3 is 6.18 Å². The average Bonchev–Trinajstić information content (AvgIpc) is 3.43. The zero-order valence-corrected chi connectivity index (χ0v) is 19.6. The molecule has 1 aliphatic heterocycles. The monoisotopic (exact) mass is 506 g/mol. The fraction of sp³-hybridized carbons (Fsp3) is 0.148. The average molecular weight is 506 g/mol. The van der Waals surface area contributed by atoms with Gasteiger partial charge in [0.1, 0.15) is 28.8 Å². The van der Waals surface area contributed by atoms with E-state index in [1.54, 1.807) is 42.6 Å². The molecule has 1 aromatic heterocycles. The Morgan fingerprint density at radius 2 is 1.76 bits per heavy atom. The number of nitrogens with one attached hydrogen (secondary N) is 2. The Kier molecular flexibility index (Phi) is 6.39. The van der Waals surface area contributed by atoms with Crippen molar-refractivity contribution in [3.8, 4) is 17.2 Å². The first kappa shape index (κ1) is 24.1. The predicted molar refractivity (Wildman–Crippen MR) is 134 cm³/mol. The normalized spacial score (nSPS) is 13.1. The predicted octanol–water partition coefficient (Wildman–Crippen LogP) is 5.66. The first-order chi connectivity index (χ1) is 17.8. The number of halogens is 3. The number of carbonyl (C=O) groups excluding carboxylic acids is 1. The number of aromatic nitrogens is 1. The van der Waals surface area contributed by atoms with Crippen molar-refractivity contribution in [1.29, 1.82) is 0 Å². The number of hydrogen-bond acceptors (Lipinski definition) is 6. The molecule has 4 aromatic rings. The fourth-order valence-corrected chi connectivity index (χ4v) is 3.90. The molecule has 1 aliphatic rings. The zero-order chi connectivity index (χ0) is 26.0. The number of rotatable bonds is 6. The second-order valence-corrected chi connectivity index (χ2v) is 8.26. The van der Waals surface area contributed by atoms with Gasteiger partial charge in [0.25, 0.3) is 5.91 Å². The van der Waals surface area contributed by atoms with Gasteiger partial charge in [0.2, 0.25) is 0 Å². The van der Waals surface area contributed by atoms with Gasteiger partial charge in [-0.25, -0.2) is 0 Å². The fourth-order valence-electron chi connectivity index (χ4n) is 3.90. The molecule has 0 unspecified atom stereocenters. The number of benzene rings is 3. The van der Waals surface area contributed by atoms with Crippen molar-refractivity contribution in [3.05, 3.63) is 89.7 Å². The van der Waals surface area contributed by atoms with Crippen LogP contribution in [0.15, 0.2) is 77.9 Å². The molecule has 0 aliphatic carbocycles. The Balaban J connectivity index is 1.37. The molecule has 2 heterocycles. The smallest absolute Gasteiger partial charge is 0.416 e. The maximum atomic E-state index is 13.2. The highest BCUT2D eigenvalue weighted by molar-refractivity contribution is 6.06. The summed E-state index contributed by atoms with van der Waals surface area (Å²) in [6.45, 7) is 1.47. The molecule has 3 aromatic carbocycles. The van der Waals surface area contributed by atoms with Crippen LogP contribution in [0.1, 0.15) is 21.6 Å². The number of ether oxygens (including phenoxy) is 2. The van der Waals surface area contributed by atoms with Crippen molar-refractivity contribution in [2.45, 2.75) is 6.18 Å². The third-order valence-electron chi connectivity index (χ3n) is 5.69. The molecule has 37 heavy (non-hydrogen) atoms. The molecule has 0 saturated heterocycles. The summed E-state index contributed by atoms with van der Waals surface area (Å²) in [7, 11) is 1.26. The molecule has 0 fully saturated rings. The molecule has 0 saturated carbocycles. The van der Waals surface area contributed by atoms with Crippen LogP contribution < -0.4 is 20.1 Å². The van der Waals surface area contributed by atoms with Gasteiger partial charge < -0.3 is 20.1 Å². The highest BCUT2D eigenvalue weighted by Crippen LogP contribution is 2.34. The van der Waals surface area contributed by atoms with Gasteiger partial charge in [-0.1, -0.05) is 12.1 Å². The number of anilines is 1. The van der Waals surface area contributed by atoms with E-state index in [1.165, 1.54) is 13.2 Å². The maximum Gasteiger partial charge on any atom is 0.416 e. The Bertz CT molecular complexity index is 1520. The van der Waals surface area contributed by atoms with E-state index in [9.17, 15) is 18.0 Å². The summed E-state index contributed by atoms with van der Waals surface area (Å²) < 4.78 is 50.6. The number of pyridine rings is 1. The summed E-state index contributed by atoms with van der Waals surface area (Å²) in [5.41, 5.74) is 0.0136. The number of nitrogens with zero attached hydrogens (tertiary/aromatic N) is 2. The van der Waals surface area contributed by atoms with Crippen molar-refractivity contribution in [1.82, 2.24) is 10.3 Å². The molecular weight excluding hydrogens is 485 g/mol. The minimum atomic E-state index is -4.58. The Morgan fingerprint density at radius 3 is 2.51 bits per heavy atom. The Labute approximate surface area is 210 Å². The van der Waals surface area contributed by atoms with E-state index in [2.05, 4.69) is 20.6 Å². The summed E-state index contributed by atoms with van der Waals surface area (Å²) in [6, 6.07) is 17.0. The van der Waals surface area contributed by atoms with Gasteiger partial charge in [0.15, 0.2) is 0 Å². The van der Waals surface area contributed by atoms with Crippen LogP contribution >= 0.6 is 0 Å². The van der Waals surface area contributed by atoms with E-state index in [-0.39, 0.29) is 17.0 Å². The van der Waals surface area contributed by atoms with E-state index in [4.69, 9.17) is 9.47 Å². The Hall–Kier alpha value is -4.60. The van der Waals surface area contributed by atoms with Gasteiger partial charge in [-0.15, -0.1) is 0 Å². The van der Waals surface area contributed by atoms with Crippen molar-refractivity contribution >= 4 is 28.2 Å². The molecule has 10 heteroatoms. The first-order valence-corrected chi connectivity index (χ1v) is 11.3. The first-order valence-electron chi connectivity index (χ1n) is 11.3. The van der Waals surface area contributed by atoms with Gasteiger partial charge in [-0.05, 0) is 53.2 Å². The second-order valence-electron chi connectivity index (χ2n) is 8.26. The van der Waals surface area contributed by atoms with Crippen LogP contribution in [0.4, 0.5) is 18.9 Å². The van der Waals surface area contributed by atoms with E-state index >= 15 is 0 Å². The zero-order valence-electron chi connectivity index (χ0n) is 19.6. The van der Waals surface area contributed by atoms with E-state index < -0.39 is 17.6 Å². The van der Waals surface area contributed by atoms with Crippen LogP contribution in [-0.4, -0.2) is 36.9 Å². The SMILES string of the molecule is COc1cc(NC(=O)c2ccc3ccc(Oc4ccnc(C5=NCCN5)c4)cc3c2)cc(C(F)(F)F)c1. The third-order valence-corrected chi connectivity index (χ3v) is 5.69.